The van der Waals surface area contributed by atoms with Crippen LogP contribution < -0.4 is 10.6 Å². The predicted molar refractivity (Wildman–Crippen MR) is 91.5 cm³/mol. The van der Waals surface area contributed by atoms with E-state index in [-0.39, 0.29) is 6.04 Å². The van der Waals surface area contributed by atoms with Crippen molar-refractivity contribution < 1.29 is 9.47 Å². The molecule has 130 valence electrons. The molecule has 0 saturated carbocycles. The Bertz CT molecular complexity index is 317. The van der Waals surface area contributed by atoms with Gasteiger partial charge in [-0.15, -0.1) is 0 Å². The van der Waals surface area contributed by atoms with E-state index in [0.717, 1.165) is 45.4 Å². The highest BCUT2D eigenvalue weighted by Gasteiger charge is 2.23. The highest BCUT2D eigenvalue weighted by molar-refractivity contribution is 5.80. The van der Waals surface area contributed by atoms with Crippen LogP contribution in [0.2, 0.25) is 0 Å². The minimum Gasteiger partial charge on any atom is -0.383 e. The van der Waals surface area contributed by atoms with Crippen molar-refractivity contribution in [3.63, 3.8) is 0 Å². The van der Waals surface area contributed by atoms with E-state index >= 15 is 0 Å². The molecule has 22 heavy (non-hydrogen) atoms. The molecule has 2 N–H and O–H groups in total. The summed E-state index contributed by atoms with van der Waals surface area (Å²) in [5, 5.41) is 6.70. The first kappa shape index (κ1) is 19.2. The van der Waals surface area contributed by atoms with Gasteiger partial charge >= 0.3 is 0 Å². The predicted octanol–water partition coefficient (Wildman–Crippen LogP) is 0.933. The Morgan fingerprint density at radius 2 is 1.95 bits per heavy atom. The van der Waals surface area contributed by atoms with E-state index in [9.17, 15) is 0 Å². The molecule has 1 aliphatic rings. The normalized spacial score (nSPS) is 20.0. The van der Waals surface area contributed by atoms with E-state index in [1.165, 1.54) is 0 Å². The van der Waals surface area contributed by atoms with Gasteiger partial charge in [0, 0.05) is 38.8 Å². The van der Waals surface area contributed by atoms with Gasteiger partial charge in [-0.25, -0.2) is 0 Å². The molecule has 0 spiro atoms. The van der Waals surface area contributed by atoms with Crippen molar-refractivity contribution in [3.8, 4) is 0 Å². The fourth-order valence-corrected chi connectivity index (χ4v) is 2.69. The molecule has 1 aliphatic heterocycles. The fourth-order valence-electron chi connectivity index (χ4n) is 2.69. The van der Waals surface area contributed by atoms with Crippen molar-refractivity contribution >= 4 is 5.96 Å². The Morgan fingerprint density at radius 3 is 2.50 bits per heavy atom. The van der Waals surface area contributed by atoms with E-state index in [2.05, 4.69) is 43.2 Å². The van der Waals surface area contributed by atoms with Crippen LogP contribution in [0.4, 0.5) is 0 Å². The minimum absolute atomic E-state index is 0.240. The molecule has 1 rings (SSSR count). The van der Waals surface area contributed by atoms with Crippen LogP contribution in [-0.4, -0.2) is 76.1 Å². The number of guanidine groups is 1. The van der Waals surface area contributed by atoms with E-state index in [1.807, 2.05) is 0 Å². The summed E-state index contributed by atoms with van der Waals surface area (Å²) in [5.41, 5.74) is 0. The van der Waals surface area contributed by atoms with Crippen LogP contribution in [-0.2, 0) is 9.47 Å². The summed E-state index contributed by atoms with van der Waals surface area (Å²) < 4.78 is 10.6. The second kappa shape index (κ2) is 10.8. The van der Waals surface area contributed by atoms with Crippen molar-refractivity contribution in [2.24, 2.45) is 10.9 Å². The van der Waals surface area contributed by atoms with Gasteiger partial charge in [0.2, 0.25) is 0 Å². The van der Waals surface area contributed by atoms with Gasteiger partial charge in [0.25, 0.3) is 0 Å². The quantitative estimate of drug-likeness (QED) is 0.516. The number of methoxy groups -OCH3 is 1. The third-order valence-corrected chi connectivity index (χ3v) is 3.86. The Kier molecular flexibility index (Phi) is 9.43. The molecule has 0 aliphatic carbocycles. The number of hydrogen-bond donors (Lipinski definition) is 2. The van der Waals surface area contributed by atoms with Crippen molar-refractivity contribution in [2.75, 3.05) is 53.1 Å². The van der Waals surface area contributed by atoms with Crippen LogP contribution in [0.15, 0.2) is 4.99 Å². The fraction of sp³-hybridized carbons (Fsp3) is 0.938. The lowest BCUT2D eigenvalue weighted by molar-refractivity contribution is 0.00867. The first-order valence-electron chi connectivity index (χ1n) is 8.44. The van der Waals surface area contributed by atoms with Gasteiger partial charge < -0.3 is 20.1 Å². The Labute approximate surface area is 135 Å². The van der Waals surface area contributed by atoms with Crippen LogP contribution in [0.1, 0.15) is 27.7 Å². The summed E-state index contributed by atoms with van der Waals surface area (Å²) in [6, 6.07) is 0.695. The largest absolute Gasteiger partial charge is 0.383 e. The summed E-state index contributed by atoms with van der Waals surface area (Å²) in [5.74, 6) is 1.44. The SMILES string of the molecule is CCNC(=NCC(C(C)C)N1CCOCC1)NC(C)COC. The van der Waals surface area contributed by atoms with E-state index in [4.69, 9.17) is 14.5 Å². The molecule has 0 radical (unpaired) electrons. The lowest BCUT2D eigenvalue weighted by atomic mass is 10.0. The number of rotatable bonds is 8. The molecule has 0 bridgehead atoms. The lowest BCUT2D eigenvalue weighted by Gasteiger charge is -2.36. The standard InChI is InChI=1S/C16H34N4O2/c1-6-17-16(19-14(4)12-21-5)18-11-15(13(2)3)20-7-9-22-10-8-20/h13-15H,6-12H2,1-5H3,(H2,17,18,19). The van der Waals surface area contributed by atoms with Crippen LogP contribution in [0.3, 0.4) is 0 Å². The number of morpholine rings is 1. The first-order chi connectivity index (χ1) is 10.6. The van der Waals surface area contributed by atoms with Crippen molar-refractivity contribution in [3.05, 3.63) is 0 Å². The van der Waals surface area contributed by atoms with Gasteiger partial charge in [-0.1, -0.05) is 13.8 Å². The molecule has 6 nitrogen and oxygen atoms in total. The summed E-state index contributed by atoms with van der Waals surface area (Å²) >= 11 is 0. The van der Waals surface area contributed by atoms with E-state index < -0.39 is 0 Å². The molecule has 0 aromatic heterocycles. The monoisotopic (exact) mass is 314 g/mol. The van der Waals surface area contributed by atoms with Gasteiger partial charge in [0.15, 0.2) is 5.96 Å². The number of nitrogens with zero attached hydrogens (tertiary/aromatic N) is 2. The zero-order chi connectivity index (χ0) is 16.4. The lowest BCUT2D eigenvalue weighted by Crippen LogP contribution is -2.49. The van der Waals surface area contributed by atoms with Gasteiger partial charge in [-0.05, 0) is 19.8 Å². The second-order valence-electron chi connectivity index (χ2n) is 6.18. The van der Waals surface area contributed by atoms with Crippen molar-refractivity contribution in [1.29, 1.82) is 0 Å². The topological polar surface area (TPSA) is 58.1 Å². The highest BCUT2D eigenvalue weighted by Crippen LogP contribution is 2.13. The molecular formula is C16H34N4O2. The highest BCUT2D eigenvalue weighted by atomic mass is 16.5. The number of nitrogens with one attached hydrogen (secondary N) is 2. The summed E-state index contributed by atoms with van der Waals surface area (Å²) in [7, 11) is 1.72. The molecule has 2 atom stereocenters. The van der Waals surface area contributed by atoms with E-state index in [1.54, 1.807) is 7.11 Å². The summed E-state index contributed by atoms with van der Waals surface area (Å²) in [6.07, 6.45) is 0. The van der Waals surface area contributed by atoms with E-state index in [0.29, 0.717) is 18.6 Å². The summed E-state index contributed by atoms with van der Waals surface area (Å²) in [4.78, 5) is 7.29. The van der Waals surface area contributed by atoms with Crippen LogP contribution in [0.5, 0.6) is 0 Å². The molecule has 0 aromatic rings. The third kappa shape index (κ3) is 6.94. The van der Waals surface area contributed by atoms with Crippen LogP contribution >= 0.6 is 0 Å². The molecule has 0 amide bonds. The Balaban J connectivity index is 2.62. The smallest absolute Gasteiger partial charge is 0.191 e. The average Bonchev–Trinajstić information content (AvgIpc) is 2.48. The minimum atomic E-state index is 0.240. The molecule has 1 fully saturated rings. The van der Waals surface area contributed by atoms with Crippen molar-refractivity contribution in [1.82, 2.24) is 15.5 Å². The van der Waals surface area contributed by atoms with Gasteiger partial charge in [-0.2, -0.15) is 0 Å². The molecule has 0 aromatic carbocycles. The molecule has 2 unspecified atom stereocenters. The molecule has 6 heteroatoms. The number of ether oxygens (including phenoxy) is 2. The summed E-state index contributed by atoms with van der Waals surface area (Å²) in [6.45, 7) is 14.7. The Hall–Kier alpha value is -0.850. The number of hydrogen-bond acceptors (Lipinski definition) is 4. The maximum Gasteiger partial charge on any atom is 0.191 e. The maximum absolute atomic E-state index is 5.46. The second-order valence-corrected chi connectivity index (χ2v) is 6.18. The van der Waals surface area contributed by atoms with Gasteiger partial charge in [-0.3, -0.25) is 9.89 Å². The van der Waals surface area contributed by atoms with Crippen LogP contribution in [0, 0.1) is 5.92 Å². The maximum atomic E-state index is 5.46. The average molecular weight is 314 g/mol. The first-order valence-corrected chi connectivity index (χ1v) is 8.44. The zero-order valence-corrected chi connectivity index (χ0v) is 14.9. The zero-order valence-electron chi connectivity index (χ0n) is 14.9. The van der Waals surface area contributed by atoms with Crippen molar-refractivity contribution in [2.45, 2.75) is 39.8 Å². The molecular weight excluding hydrogens is 280 g/mol. The number of aliphatic imine (C=N–C) groups is 1. The molecule has 1 heterocycles. The molecule has 1 saturated heterocycles. The van der Waals surface area contributed by atoms with Crippen LogP contribution in [0.25, 0.3) is 0 Å². The van der Waals surface area contributed by atoms with Gasteiger partial charge in [0.1, 0.15) is 0 Å². The third-order valence-electron chi connectivity index (χ3n) is 3.86. The van der Waals surface area contributed by atoms with Gasteiger partial charge in [0.05, 0.1) is 26.4 Å². The Morgan fingerprint density at radius 1 is 1.27 bits per heavy atom.